The van der Waals surface area contributed by atoms with E-state index in [1.807, 2.05) is 48.2 Å². The van der Waals surface area contributed by atoms with Crippen molar-refractivity contribution in [1.82, 2.24) is 9.47 Å². The summed E-state index contributed by atoms with van der Waals surface area (Å²) in [6, 6.07) is 16.3. The van der Waals surface area contributed by atoms with E-state index in [0.29, 0.717) is 12.2 Å². The van der Waals surface area contributed by atoms with Gasteiger partial charge in [-0.1, -0.05) is 12.1 Å². The fourth-order valence-electron chi connectivity index (χ4n) is 4.58. The van der Waals surface area contributed by atoms with Gasteiger partial charge < -0.3 is 14.6 Å². The van der Waals surface area contributed by atoms with Crippen LogP contribution in [0.5, 0.6) is 5.75 Å². The first-order chi connectivity index (χ1) is 16.7. The van der Waals surface area contributed by atoms with Crippen LogP contribution in [0.25, 0.3) is 22.2 Å². The van der Waals surface area contributed by atoms with Crippen molar-refractivity contribution in [2.75, 3.05) is 43.1 Å². The second-order valence-electron chi connectivity index (χ2n) is 8.90. The molecular formula is C27H30N4O2S. The number of aromatic nitrogens is 1. The van der Waals surface area contributed by atoms with E-state index in [0.717, 1.165) is 72.6 Å². The molecule has 1 amide bonds. The van der Waals surface area contributed by atoms with E-state index in [-0.39, 0.29) is 11.8 Å². The second-order valence-corrected chi connectivity index (χ2v) is 10.1. The molecule has 0 radical (unpaired) electrons. The van der Waals surface area contributed by atoms with Crippen molar-refractivity contribution in [2.24, 2.45) is 5.92 Å². The number of nitriles is 1. The standard InChI is InChI=1S/C27H30N4O2S/c1-2-31-25-17-22(33-14-11-30-12-15-34-16-13-30)9-10-23(25)24(18-28)26(31)19-5-7-21(8-6-19)29-27(32)20-3-4-20/h5-10,17,20H,2-4,11-16H2,1H3,(H,29,32). The maximum Gasteiger partial charge on any atom is 0.227 e. The number of anilines is 1. The average molecular weight is 475 g/mol. The highest BCUT2D eigenvalue weighted by molar-refractivity contribution is 7.99. The van der Waals surface area contributed by atoms with Gasteiger partial charge in [0.2, 0.25) is 5.91 Å². The SMILES string of the molecule is CCn1c(-c2ccc(NC(=O)C3CC3)cc2)c(C#N)c2ccc(OCCN3CCSCC3)cc21. The lowest BCUT2D eigenvalue weighted by molar-refractivity contribution is -0.117. The van der Waals surface area contributed by atoms with E-state index >= 15 is 0 Å². The Labute approximate surface area is 204 Å². The number of fused-ring (bicyclic) bond motifs is 1. The minimum absolute atomic E-state index is 0.0971. The highest BCUT2D eigenvalue weighted by Crippen LogP contribution is 2.36. The third-order valence-corrected chi connectivity index (χ3v) is 7.56. The maximum atomic E-state index is 12.1. The maximum absolute atomic E-state index is 12.1. The van der Waals surface area contributed by atoms with Crippen molar-refractivity contribution in [3.63, 3.8) is 0 Å². The van der Waals surface area contributed by atoms with Crippen LogP contribution in [0, 0.1) is 17.2 Å². The normalized spacial score (nSPS) is 16.4. The van der Waals surface area contributed by atoms with E-state index < -0.39 is 0 Å². The van der Waals surface area contributed by atoms with Crippen LogP contribution in [0.15, 0.2) is 42.5 Å². The fraction of sp³-hybridized carbons (Fsp3) is 0.407. The summed E-state index contributed by atoms with van der Waals surface area (Å²) in [5.41, 5.74) is 4.34. The number of carbonyl (C=O) groups is 1. The molecule has 1 aliphatic carbocycles. The Morgan fingerprint density at radius 1 is 1.18 bits per heavy atom. The zero-order valence-electron chi connectivity index (χ0n) is 19.5. The van der Waals surface area contributed by atoms with Gasteiger partial charge in [0.1, 0.15) is 18.4 Å². The zero-order valence-corrected chi connectivity index (χ0v) is 20.4. The van der Waals surface area contributed by atoms with Crippen molar-refractivity contribution in [3.05, 3.63) is 48.0 Å². The molecule has 0 atom stereocenters. The molecule has 0 unspecified atom stereocenters. The smallest absolute Gasteiger partial charge is 0.227 e. The van der Waals surface area contributed by atoms with Crippen LogP contribution < -0.4 is 10.1 Å². The third kappa shape index (κ3) is 4.79. The molecule has 2 heterocycles. The molecule has 3 aromatic rings. The molecule has 2 aliphatic rings. The van der Waals surface area contributed by atoms with E-state index in [1.54, 1.807) is 0 Å². The summed E-state index contributed by atoms with van der Waals surface area (Å²) < 4.78 is 8.28. The molecule has 34 heavy (non-hydrogen) atoms. The predicted octanol–water partition coefficient (Wildman–Crippen LogP) is 4.98. The Balaban J connectivity index is 1.38. The number of amides is 1. The lowest BCUT2D eigenvalue weighted by Gasteiger charge is -2.25. The van der Waals surface area contributed by atoms with Gasteiger partial charge in [-0.2, -0.15) is 17.0 Å². The predicted molar refractivity (Wildman–Crippen MR) is 138 cm³/mol. The molecule has 1 saturated heterocycles. The number of carbonyl (C=O) groups excluding carboxylic acids is 1. The first kappa shape index (κ1) is 22.8. The van der Waals surface area contributed by atoms with Crippen molar-refractivity contribution in [1.29, 1.82) is 5.26 Å². The lowest BCUT2D eigenvalue weighted by atomic mass is 10.1. The number of ether oxygens (including phenoxy) is 1. The number of hydrogen-bond donors (Lipinski definition) is 1. The third-order valence-electron chi connectivity index (χ3n) is 6.62. The molecule has 7 heteroatoms. The monoisotopic (exact) mass is 474 g/mol. The Kier molecular flexibility index (Phi) is 6.80. The molecule has 0 spiro atoms. The number of rotatable bonds is 8. The Hall–Kier alpha value is -2.95. The Morgan fingerprint density at radius 2 is 1.94 bits per heavy atom. The number of hydrogen-bond acceptors (Lipinski definition) is 5. The minimum atomic E-state index is 0.0971. The molecule has 2 fully saturated rings. The summed E-state index contributed by atoms with van der Waals surface area (Å²) in [6.45, 7) is 6.69. The zero-order chi connectivity index (χ0) is 23.5. The van der Waals surface area contributed by atoms with Crippen LogP contribution in [-0.2, 0) is 11.3 Å². The Bertz CT molecular complexity index is 1220. The van der Waals surface area contributed by atoms with Gasteiger partial charge in [-0.3, -0.25) is 9.69 Å². The van der Waals surface area contributed by atoms with Crippen LogP contribution in [-0.4, -0.2) is 53.1 Å². The van der Waals surface area contributed by atoms with Crippen LogP contribution in [0.2, 0.25) is 0 Å². The number of thioether (sulfide) groups is 1. The summed E-state index contributed by atoms with van der Waals surface area (Å²) in [5.74, 6) is 3.50. The molecule has 5 rings (SSSR count). The van der Waals surface area contributed by atoms with Crippen LogP contribution in [0.3, 0.4) is 0 Å². The van der Waals surface area contributed by atoms with E-state index in [4.69, 9.17) is 4.74 Å². The van der Waals surface area contributed by atoms with Gasteiger partial charge in [0, 0.05) is 60.7 Å². The summed E-state index contributed by atoms with van der Waals surface area (Å²) in [4.78, 5) is 14.5. The van der Waals surface area contributed by atoms with Crippen LogP contribution >= 0.6 is 11.8 Å². The van der Waals surface area contributed by atoms with E-state index in [2.05, 4.69) is 33.8 Å². The van der Waals surface area contributed by atoms with Gasteiger partial charge in [0.05, 0.1) is 16.8 Å². The molecule has 1 aliphatic heterocycles. The van der Waals surface area contributed by atoms with Crippen LogP contribution in [0.1, 0.15) is 25.3 Å². The van der Waals surface area contributed by atoms with Crippen molar-refractivity contribution in [2.45, 2.75) is 26.3 Å². The van der Waals surface area contributed by atoms with E-state index in [1.165, 1.54) is 11.5 Å². The fourth-order valence-corrected chi connectivity index (χ4v) is 5.56. The summed E-state index contributed by atoms with van der Waals surface area (Å²) in [7, 11) is 0. The molecular weight excluding hydrogens is 444 g/mol. The molecule has 2 aromatic carbocycles. The van der Waals surface area contributed by atoms with Gasteiger partial charge in [-0.15, -0.1) is 0 Å². The van der Waals surface area contributed by atoms with Crippen molar-refractivity contribution >= 4 is 34.3 Å². The molecule has 176 valence electrons. The molecule has 1 N–H and O–H groups in total. The lowest BCUT2D eigenvalue weighted by Crippen LogP contribution is -2.35. The molecule has 1 aromatic heterocycles. The van der Waals surface area contributed by atoms with Gasteiger partial charge in [-0.25, -0.2) is 0 Å². The van der Waals surface area contributed by atoms with Gasteiger partial charge in [-0.05, 0) is 49.6 Å². The quantitative estimate of drug-likeness (QED) is 0.499. The molecule has 1 saturated carbocycles. The largest absolute Gasteiger partial charge is 0.492 e. The molecule has 6 nitrogen and oxygen atoms in total. The minimum Gasteiger partial charge on any atom is -0.492 e. The first-order valence-electron chi connectivity index (χ1n) is 12.1. The number of nitrogens with one attached hydrogen (secondary N) is 1. The summed E-state index contributed by atoms with van der Waals surface area (Å²) in [5, 5.41) is 13.9. The Morgan fingerprint density at radius 3 is 2.62 bits per heavy atom. The second kappa shape index (κ2) is 10.1. The molecule has 0 bridgehead atoms. The highest BCUT2D eigenvalue weighted by Gasteiger charge is 2.29. The van der Waals surface area contributed by atoms with Crippen LogP contribution in [0.4, 0.5) is 5.69 Å². The van der Waals surface area contributed by atoms with Gasteiger partial charge in [0.25, 0.3) is 0 Å². The number of benzene rings is 2. The van der Waals surface area contributed by atoms with Crippen molar-refractivity contribution in [3.8, 4) is 23.1 Å². The number of aryl methyl sites for hydroxylation is 1. The first-order valence-corrected chi connectivity index (χ1v) is 13.2. The van der Waals surface area contributed by atoms with Gasteiger partial charge in [0.15, 0.2) is 0 Å². The topological polar surface area (TPSA) is 70.3 Å². The highest BCUT2D eigenvalue weighted by atomic mass is 32.2. The van der Waals surface area contributed by atoms with E-state index in [9.17, 15) is 10.1 Å². The van der Waals surface area contributed by atoms with Gasteiger partial charge >= 0.3 is 0 Å². The average Bonchev–Trinajstić information content (AvgIpc) is 3.67. The summed E-state index contributed by atoms with van der Waals surface area (Å²) in [6.07, 6.45) is 1.96. The van der Waals surface area contributed by atoms with Crippen molar-refractivity contribution < 1.29 is 9.53 Å². The number of nitrogens with zero attached hydrogens (tertiary/aromatic N) is 3. The summed E-state index contributed by atoms with van der Waals surface area (Å²) >= 11 is 2.01.